The molecule has 1 fully saturated rings. The van der Waals surface area contributed by atoms with Crippen LogP contribution in [0.3, 0.4) is 0 Å². The molecule has 8 heteroatoms. The van der Waals surface area contributed by atoms with Crippen LogP contribution in [-0.4, -0.2) is 30.5 Å². The molecule has 1 aromatic heterocycles. The fourth-order valence-electron chi connectivity index (χ4n) is 3.00. The van der Waals surface area contributed by atoms with Gasteiger partial charge in [0.15, 0.2) is 5.82 Å². The topological polar surface area (TPSA) is 81.2 Å². The third kappa shape index (κ3) is 4.76. The van der Waals surface area contributed by atoms with Crippen LogP contribution in [0.25, 0.3) is 0 Å². The van der Waals surface area contributed by atoms with Crippen molar-refractivity contribution in [1.29, 1.82) is 0 Å². The molecular formula is C18H22FN3O3S. The molecule has 26 heavy (non-hydrogen) atoms. The van der Waals surface area contributed by atoms with Gasteiger partial charge in [0.2, 0.25) is 10.0 Å². The van der Waals surface area contributed by atoms with Crippen molar-refractivity contribution in [3.8, 4) is 6.01 Å². The largest absolute Gasteiger partial charge is 0.460 e. The first-order valence-electron chi connectivity index (χ1n) is 8.72. The van der Waals surface area contributed by atoms with Gasteiger partial charge in [0.1, 0.15) is 6.10 Å². The first kappa shape index (κ1) is 18.7. The van der Waals surface area contributed by atoms with Gasteiger partial charge in [-0.15, -0.1) is 0 Å². The smallest absolute Gasteiger partial charge is 0.316 e. The van der Waals surface area contributed by atoms with Crippen LogP contribution >= 0.6 is 0 Å². The summed E-state index contributed by atoms with van der Waals surface area (Å²) < 4.78 is 46.2. The second-order valence-corrected chi connectivity index (χ2v) is 8.11. The first-order chi connectivity index (χ1) is 12.5. The monoisotopic (exact) mass is 379 g/mol. The minimum Gasteiger partial charge on any atom is -0.460 e. The highest BCUT2D eigenvalue weighted by molar-refractivity contribution is 7.89. The van der Waals surface area contributed by atoms with Crippen molar-refractivity contribution in [2.45, 2.75) is 56.1 Å². The molecule has 140 valence electrons. The fraction of sp³-hybridized carbons (Fsp3) is 0.444. The van der Waals surface area contributed by atoms with E-state index in [4.69, 9.17) is 4.74 Å². The molecule has 0 aliphatic heterocycles. The Bertz CT molecular complexity index is 818. The summed E-state index contributed by atoms with van der Waals surface area (Å²) in [6.07, 6.45) is 5.60. The van der Waals surface area contributed by atoms with Gasteiger partial charge in [-0.3, -0.25) is 0 Å². The molecule has 0 spiro atoms. The van der Waals surface area contributed by atoms with E-state index < -0.39 is 15.8 Å². The van der Waals surface area contributed by atoms with E-state index in [9.17, 15) is 12.8 Å². The Labute approximate surface area is 152 Å². The van der Waals surface area contributed by atoms with E-state index >= 15 is 0 Å². The van der Waals surface area contributed by atoms with Gasteiger partial charge in [-0.1, -0.05) is 19.1 Å². The van der Waals surface area contributed by atoms with Gasteiger partial charge >= 0.3 is 6.01 Å². The quantitative estimate of drug-likeness (QED) is 0.835. The highest BCUT2D eigenvalue weighted by Crippen LogP contribution is 2.23. The molecule has 0 radical (unpaired) electrons. The van der Waals surface area contributed by atoms with Crippen molar-refractivity contribution in [3.05, 3.63) is 48.0 Å². The number of ether oxygens (including phenoxy) is 1. The number of hydrogen-bond donors (Lipinski definition) is 1. The van der Waals surface area contributed by atoms with E-state index in [1.807, 2.05) is 19.1 Å². The van der Waals surface area contributed by atoms with E-state index in [1.165, 1.54) is 0 Å². The van der Waals surface area contributed by atoms with Crippen LogP contribution in [0, 0.1) is 5.82 Å². The number of nitrogens with zero attached hydrogens (tertiary/aromatic N) is 2. The molecule has 0 unspecified atom stereocenters. The number of sulfonamides is 1. The summed E-state index contributed by atoms with van der Waals surface area (Å²) in [5, 5.41) is 0. The van der Waals surface area contributed by atoms with Gasteiger partial charge in [-0.2, -0.15) is 0 Å². The van der Waals surface area contributed by atoms with Gasteiger partial charge in [0.25, 0.3) is 0 Å². The molecule has 1 saturated carbocycles. The van der Waals surface area contributed by atoms with Crippen molar-refractivity contribution in [2.75, 3.05) is 0 Å². The molecule has 1 heterocycles. The van der Waals surface area contributed by atoms with Crippen molar-refractivity contribution < 1.29 is 17.5 Å². The summed E-state index contributed by atoms with van der Waals surface area (Å²) in [5.41, 5.74) is 1.10. The summed E-state index contributed by atoms with van der Waals surface area (Å²) in [7, 11) is -3.52. The van der Waals surface area contributed by atoms with Crippen LogP contribution in [0.4, 0.5) is 4.39 Å². The Hall–Kier alpha value is -2.06. The van der Waals surface area contributed by atoms with Gasteiger partial charge in [0.05, 0.1) is 17.3 Å². The molecular weight excluding hydrogens is 357 g/mol. The minimum atomic E-state index is -3.52. The Morgan fingerprint density at radius 1 is 1.12 bits per heavy atom. The molecule has 0 bridgehead atoms. The summed E-state index contributed by atoms with van der Waals surface area (Å²) in [6.45, 7) is 2.03. The first-order valence-corrected chi connectivity index (χ1v) is 10.2. The predicted octanol–water partition coefficient (Wildman–Crippen LogP) is 2.85. The Kier molecular flexibility index (Phi) is 5.83. The van der Waals surface area contributed by atoms with E-state index in [0.29, 0.717) is 25.7 Å². The zero-order valence-corrected chi connectivity index (χ0v) is 15.4. The number of rotatable bonds is 6. The van der Waals surface area contributed by atoms with Crippen molar-refractivity contribution in [3.63, 3.8) is 0 Å². The number of nitrogens with one attached hydrogen (secondary N) is 1. The number of aryl methyl sites for hydroxylation is 1. The SMILES string of the molecule is CCc1ccc(S(=O)(=O)NC2CCC(Oc3ncc(F)cn3)CC2)cc1. The van der Waals surface area contributed by atoms with E-state index in [-0.39, 0.29) is 23.1 Å². The minimum absolute atomic E-state index is 0.0925. The second-order valence-electron chi connectivity index (χ2n) is 6.39. The zero-order chi connectivity index (χ0) is 18.6. The third-order valence-electron chi connectivity index (χ3n) is 4.51. The van der Waals surface area contributed by atoms with Crippen molar-refractivity contribution >= 4 is 10.0 Å². The average molecular weight is 379 g/mol. The molecule has 2 aromatic rings. The maximum atomic E-state index is 12.8. The Morgan fingerprint density at radius 2 is 1.73 bits per heavy atom. The van der Waals surface area contributed by atoms with Crippen LogP contribution in [0.5, 0.6) is 6.01 Å². The number of halogens is 1. The second kappa shape index (κ2) is 8.09. The summed E-state index contributed by atoms with van der Waals surface area (Å²) in [5.74, 6) is -0.512. The van der Waals surface area contributed by atoms with Crippen LogP contribution in [0.15, 0.2) is 41.6 Å². The maximum Gasteiger partial charge on any atom is 0.316 e. The van der Waals surface area contributed by atoms with E-state index in [0.717, 1.165) is 24.4 Å². The van der Waals surface area contributed by atoms with Gasteiger partial charge in [-0.05, 0) is 49.8 Å². The van der Waals surface area contributed by atoms with Crippen LogP contribution in [0.2, 0.25) is 0 Å². The van der Waals surface area contributed by atoms with Crippen LogP contribution < -0.4 is 9.46 Å². The van der Waals surface area contributed by atoms with Crippen LogP contribution in [-0.2, 0) is 16.4 Å². The molecule has 1 aliphatic carbocycles. The van der Waals surface area contributed by atoms with Gasteiger partial charge in [-0.25, -0.2) is 27.5 Å². The number of aromatic nitrogens is 2. The molecule has 6 nitrogen and oxygen atoms in total. The Balaban J connectivity index is 1.53. The normalized spacial score (nSPS) is 20.7. The number of benzene rings is 1. The lowest BCUT2D eigenvalue weighted by atomic mass is 9.94. The van der Waals surface area contributed by atoms with Crippen molar-refractivity contribution in [1.82, 2.24) is 14.7 Å². The molecule has 1 aliphatic rings. The fourth-order valence-corrected chi connectivity index (χ4v) is 4.31. The summed E-state index contributed by atoms with van der Waals surface area (Å²) in [6, 6.07) is 6.97. The van der Waals surface area contributed by atoms with Gasteiger partial charge in [0, 0.05) is 6.04 Å². The lowest BCUT2D eigenvalue weighted by Gasteiger charge is -2.28. The highest BCUT2D eigenvalue weighted by atomic mass is 32.2. The van der Waals surface area contributed by atoms with Gasteiger partial charge < -0.3 is 4.74 Å². The van der Waals surface area contributed by atoms with E-state index in [2.05, 4.69) is 14.7 Å². The predicted molar refractivity (Wildman–Crippen MR) is 94.8 cm³/mol. The lowest BCUT2D eigenvalue weighted by Crippen LogP contribution is -2.39. The van der Waals surface area contributed by atoms with E-state index in [1.54, 1.807) is 12.1 Å². The zero-order valence-electron chi connectivity index (χ0n) is 14.6. The third-order valence-corrected chi connectivity index (χ3v) is 6.04. The standard InChI is InChI=1S/C18H22FN3O3S/c1-2-13-3-9-17(10-4-13)26(23,24)22-15-5-7-16(8-6-15)25-18-20-11-14(19)12-21-18/h3-4,9-12,15-16,22H,2,5-8H2,1H3. The molecule has 1 N–H and O–H groups in total. The molecule has 3 rings (SSSR count). The Morgan fingerprint density at radius 3 is 2.31 bits per heavy atom. The lowest BCUT2D eigenvalue weighted by molar-refractivity contribution is 0.132. The molecule has 0 amide bonds. The summed E-state index contributed by atoms with van der Waals surface area (Å²) in [4.78, 5) is 7.85. The molecule has 1 aromatic carbocycles. The molecule has 0 saturated heterocycles. The van der Waals surface area contributed by atoms with Crippen molar-refractivity contribution in [2.24, 2.45) is 0 Å². The average Bonchev–Trinajstić information content (AvgIpc) is 2.65. The number of hydrogen-bond acceptors (Lipinski definition) is 5. The highest BCUT2D eigenvalue weighted by Gasteiger charge is 2.27. The maximum absolute atomic E-state index is 12.8. The van der Waals surface area contributed by atoms with Crippen LogP contribution in [0.1, 0.15) is 38.2 Å². The molecule has 0 atom stereocenters. The summed E-state index contributed by atoms with van der Waals surface area (Å²) >= 11 is 0.